The van der Waals surface area contributed by atoms with Gasteiger partial charge in [-0.2, -0.15) is 0 Å². The third-order valence-electron chi connectivity index (χ3n) is 5.93. The number of hydrogen-bond acceptors (Lipinski definition) is 9. The van der Waals surface area contributed by atoms with Crippen LogP contribution in [0, 0.1) is 0 Å². The van der Waals surface area contributed by atoms with Gasteiger partial charge in [0.15, 0.2) is 17.3 Å². The van der Waals surface area contributed by atoms with Crippen molar-refractivity contribution in [2.45, 2.75) is 70.3 Å². The Balaban J connectivity index is 1.64. The molecule has 10 heteroatoms. The molecule has 0 aliphatic carbocycles. The van der Waals surface area contributed by atoms with Crippen LogP contribution in [0.2, 0.25) is 0 Å². The van der Waals surface area contributed by atoms with Gasteiger partial charge in [0.05, 0.1) is 12.9 Å². The number of rotatable bonds is 8. The number of hydrogen-bond donors (Lipinski definition) is 2. The van der Waals surface area contributed by atoms with Gasteiger partial charge in [0.2, 0.25) is 5.72 Å². The van der Waals surface area contributed by atoms with E-state index < -0.39 is 11.5 Å². The first kappa shape index (κ1) is 21.4. The Morgan fingerprint density at radius 3 is 2.80 bits per heavy atom. The van der Waals surface area contributed by atoms with Gasteiger partial charge >= 0.3 is 0 Å². The lowest BCUT2D eigenvalue weighted by Crippen LogP contribution is -2.47. The summed E-state index contributed by atoms with van der Waals surface area (Å²) in [4.78, 5) is 15.3. The number of nitrogens with zero attached hydrogens (tertiary/aromatic N) is 5. The van der Waals surface area contributed by atoms with Crippen LogP contribution < -0.4 is 11.5 Å². The van der Waals surface area contributed by atoms with Crippen LogP contribution in [0.25, 0.3) is 11.2 Å². The summed E-state index contributed by atoms with van der Waals surface area (Å²) in [5.74, 6) is -0.421. The molecule has 0 aromatic carbocycles. The first-order valence-corrected chi connectivity index (χ1v) is 10.6. The smallest absolute Gasteiger partial charge is 0.203 e. The van der Waals surface area contributed by atoms with Crippen LogP contribution in [-0.2, 0) is 19.9 Å². The molecule has 0 amide bonds. The fourth-order valence-corrected chi connectivity index (χ4v) is 4.48. The van der Waals surface area contributed by atoms with Gasteiger partial charge in [-0.1, -0.05) is 0 Å². The summed E-state index contributed by atoms with van der Waals surface area (Å²) in [6.45, 7) is 11.0. The molecule has 30 heavy (non-hydrogen) atoms. The SMILES string of the molecule is CC(C)N(CCCCN)CC1OCC2(n3cnc4c(N)ncnc43)OC(C)(C)OC12. The maximum absolute atomic E-state index is 6.46. The van der Waals surface area contributed by atoms with E-state index in [1.165, 1.54) is 6.33 Å². The van der Waals surface area contributed by atoms with Gasteiger partial charge in [-0.15, -0.1) is 0 Å². The molecule has 4 rings (SSSR count). The fraction of sp³-hybridized carbons (Fsp3) is 0.750. The van der Waals surface area contributed by atoms with E-state index in [0.717, 1.165) is 25.9 Å². The Kier molecular flexibility index (Phi) is 5.71. The highest BCUT2D eigenvalue weighted by molar-refractivity contribution is 5.81. The van der Waals surface area contributed by atoms with Gasteiger partial charge in [-0.3, -0.25) is 9.47 Å². The third kappa shape index (κ3) is 3.67. The molecule has 0 bridgehead atoms. The van der Waals surface area contributed by atoms with Crippen molar-refractivity contribution in [2.75, 3.05) is 32.0 Å². The van der Waals surface area contributed by atoms with Crippen molar-refractivity contribution in [1.29, 1.82) is 0 Å². The fourth-order valence-electron chi connectivity index (χ4n) is 4.48. The molecule has 2 aromatic heterocycles. The van der Waals surface area contributed by atoms with Gasteiger partial charge in [-0.05, 0) is 53.6 Å². The molecular formula is C20H33N7O3. The predicted octanol–water partition coefficient (Wildman–Crippen LogP) is 1.06. The van der Waals surface area contributed by atoms with Crippen LogP contribution in [-0.4, -0.2) is 74.7 Å². The number of nitrogens with two attached hydrogens (primary N) is 2. The summed E-state index contributed by atoms with van der Waals surface area (Å²) in [7, 11) is 0. The molecule has 3 unspecified atom stereocenters. The molecule has 4 heterocycles. The molecule has 0 spiro atoms. The van der Waals surface area contributed by atoms with Gasteiger partial charge in [0, 0.05) is 12.6 Å². The van der Waals surface area contributed by atoms with E-state index in [0.29, 0.717) is 36.2 Å². The average Bonchev–Trinajstić information content (AvgIpc) is 3.32. The van der Waals surface area contributed by atoms with Crippen molar-refractivity contribution >= 4 is 17.0 Å². The van der Waals surface area contributed by atoms with Crippen molar-refractivity contribution < 1.29 is 14.2 Å². The standard InChI is InChI=1S/C20H33N7O3/c1-13(2)26(8-6-5-7-21)9-14-16-20(10-28-14,30-19(3,4)29-16)27-12-25-15-17(22)23-11-24-18(15)27/h11-14,16H,5-10,21H2,1-4H3,(H2,22,23,24). The highest BCUT2D eigenvalue weighted by Gasteiger charge is 2.63. The lowest BCUT2D eigenvalue weighted by atomic mass is 10.0. The Morgan fingerprint density at radius 2 is 2.07 bits per heavy atom. The largest absolute Gasteiger partial charge is 0.382 e. The summed E-state index contributed by atoms with van der Waals surface area (Å²) in [6.07, 6.45) is 4.74. The van der Waals surface area contributed by atoms with E-state index in [4.69, 9.17) is 25.7 Å². The topological polar surface area (TPSA) is 127 Å². The van der Waals surface area contributed by atoms with Crippen molar-refractivity contribution in [3.63, 3.8) is 0 Å². The van der Waals surface area contributed by atoms with E-state index >= 15 is 0 Å². The van der Waals surface area contributed by atoms with Crippen molar-refractivity contribution in [3.8, 4) is 0 Å². The second kappa shape index (κ2) is 8.01. The second-order valence-corrected chi connectivity index (χ2v) is 8.86. The summed E-state index contributed by atoms with van der Waals surface area (Å²) in [6, 6.07) is 0.387. The Hall–Kier alpha value is -1.85. The third-order valence-corrected chi connectivity index (χ3v) is 5.93. The summed E-state index contributed by atoms with van der Waals surface area (Å²) in [5, 5.41) is 0. The molecule has 4 N–H and O–H groups in total. The molecule has 0 radical (unpaired) electrons. The number of fused-ring (bicyclic) bond motifs is 2. The van der Waals surface area contributed by atoms with Crippen LogP contribution in [0.1, 0.15) is 40.5 Å². The van der Waals surface area contributed by atoms with E-state index in [2.05, 4.69) is 33.7 Å². The van der Waals surface area contributed by atoms with Crippen LogP contribution in [0.5, 0.6) is 0 Å². The highest BCUT2D eigenvalue weighted by Crippen LogP contribution is 2.47. The molecule has 2 fully saturated rings. The predicted molar refractivity (Wildman–Crippen MR) is 112 cm³/mol. The molecule has 2 saturated heterocycles. The first-order chi connectivity index (χ1) is 14.3. The monoisotopic (exact) mass is 419 g/mol. The number of aromatic nitrogens is 4. The molecule has 2 aromatic rings. The summed E-state index contributed by atoms with van der Waals surface area (Å²) >= 11 is 0. The first-order valence-electron chi connectivity index (χ1n) is 10.6. The number of unbranched alkanes of at least 4 members (excludes halogenated alkanes) is 1. The zero-order chi connectivity index (χ0) is 21.5. The number of imidazole rings is 1. The lowest BCUT2D eigenvalue weighted by molar-refractivity contribution is -0.205. The zero-order valence-corrected chi connectivity index (χ0v) is 18.2. The van der Waals surface area contributed by atoms with Crippen LogP contribution in [0.4, 0.5) is 5.82 Å². The zero-order valence-electron chi connectivity index (χ0n) is 18.2. The van der Waals surface area contributed by atoms with Crippen molar-refractivity contribution in [3.05, 3.63) is 12.7 Å². The van der Waals surface area contributed by atoms with Crippen LogP contribution in [0.15, 0.2) is 12.7 Å². The summed E-state index contributed by atoms with van der Waals surface area (Å²) in [5.41, 5.74) is 12.0. The van der Waals surface area contributed by atoms with E-state index in [9.17, 15) is 0 Å². The average molecular weight is 420 g/mol. The van der Waals surface area contributed by atoms with Crippen molar-refractivity contribution in [1.82, 2.24) is 24.4 Å². The highest BCUT2D eigenvalue weighted by atomic mass is 16.8. The molecule has 3 atom stereocenters. The molecule has 2 aliphatic heterocycles. The van der Waals surface area contributed by atoms with Gasteiger partial charge in [0.25, 0.3) is 0 Å². The van der Waals surface area contributed by atoms with Crippen LogP contribution in [0.3, 0.4) is 0 Å². The van der Waals surface area contributed by atoms with E-state index in [1.54, 1.807) is 6.33 Å². The Bertz CT molecular complexity index is 886. The quantitative estimate of drug-likeness (QED) is 0.604. The minimum Gasteiger partial charge on any atom is -0.382 e. The minimum atomic E-state index is -0.858. The van der Waals surface area contributed by atoms with Gasteiger partial charge in [-0.25, -0.2) is 15.0 Å². The molecule has 10 nitrogen and oxygen atoms in total. The number of nitrogen functional groups attached to an aromatic ring is 1. The Morgan fingerprint density at radius 1 is 1.27 bits per heavy atom. The molecule has 0 saturated carbocycles. The maximum atomic E-state index is 6.46. The summed E-state index contributed by atoms with van der Waals surface area (Å²) < 4.78 is 21.0. The maximum Gasteiger partial charge on any atom is 0.203 e. The second-order valence-electron chi connectivity index (χ2n) is 8.86. The lowest BCUT2D eigenvalue weighted by Gasteiger charge is -2.31. The molecule has 2 aliphatic rings. The molecule has 166 valence electrons. The van der Waals surface area contributed by atoms with Gasteiger partial charge in [0.1, 0.15) is 24.1 Å². The van der Waals surface area contributed by atoms with Crippen LogP contribution >= 0.6 is 0 Å². The van der Waals surface area contributed by atoms with E-state index in [-0.39, 0.29) is 12.2 Å². The van der Waals surface area contributed by atoms with Gasteiger partial charge < -0.3 is 25.7 Å². The minimum absolute atomic E-state index is 0.149. The molecular weight excluding hydrogens is 386 g/mol. The van der Waals surface area contributed by atoms with Crippen molar-refractivity contribution in [2.24, 2.45) is 5.73 Å². The Labute approximate surface area is 176 Å². The van der Waals surface area contributed by atoms with E-state index in [1.807, 2.05) is 18.4 Å². The number of ether oxygens (including phenoxy) is 3. The normalized spacial score (nSPS) is 28.1. The number of anilines is 1.